The van der Waals surface area contributed by atoms with Crippen molar-refractivity contribution in [1.82, 2.24) is 0 Å². The van der Waals surface area contributed by atoms with Crippen LogP contribution >= 0.6 is 0 Å². The zero-order chi connectivity index (χ0) is 14.2. The van der Waals surface area contributed by atoms with Crippen molar-refractivity contribution >= 4 is 17.2 Å². The van der Waals surface area contributed by atoms with E-state index < -0.39 is 0 Å². The maximum absolute atomic E-state index is 12.1. The first-order valence-electron chi connectivity index (χ1n) is 6.90. The fourth-order valence-corrected chi connectivity index (χ4v) is 2.10. The lowest BCUT2D eigenvalue weighted by molar-refractivity contribution is -0.117. The van der Waals surface area contributed by atoms with Crippen LogP contribution in [0.15, 0.2) is 60.7 Å². The molecule has 0 radical (unpaired) electrons. The average Bonchev–Trinajstić information content (AvgIpc) is 2.52. The lowest BCUT2D eigenvalue weighted by atomic mass is 10.1. The Labute approximate surface area is 120 Å². The minimum absolute atomic E-state index is 0.211. The topological polar surface area (TPSA) is 46.3 Å². The van der Waals surface area contributed by atoms with Crippen LogP contribution in [0.25, 0.3) is 0 Å². The summed E-state index contributed by atoms with van der Waals surface area (Å²) in [5, 5.41) is 0. The van der Waals surface area contributed by atoms with Crippen LogP contribution in [-0.2, 0) is 4.79 Å². The van der Waals surface area contributed by atoms with E-state index in [2.05, 4.69) is 0 Å². The predicted octanol–water partition coefficient (Wildman–Crippen LogP) is 3.13. The first-order chi connectivity index (χ1) is 9.81. The van der Waals surface area contributed by atoms with Gasteiger partial charge in [-0.3, -0.25) is 4.79 Å². The van der Waals surface area contributed by atoms with Crippen LogP contribution in [-0.4, -0.2) is 18.9 Å². The molecule has 0 aromatic heterocycles. The molecule has 0 heterocycles. The largest absolute Gasteiger partial charge is 0.334 e. The van der Waals surface area contributed by atoms with Gasteiger partial charge in [0.2, 0.25) is 0 Å². The van der Waals surface area contributed by atoms with E-state index in [4.69, 9.17) is 5.73 Å². The van der Waals surface area contributed by atoms with E-state index in [1.165, 1.54) is 0 Å². The molecule has 2 rings (SSSR count). The number of hydrogen-bond acceptors (Lipinski definition) is 3. The molecule has 0 spiro atoms. The van der Waals surface area contributed by atoms with Gasteiger partial charge in [0.15, 0.2) is 5.78 Å². The van der Waals surface area contributed by atoms with E-state index in [0.29, 0.717) is 19.5 Å². The standard InChI is InChI=1S/C17H20N2O/c18-13-7-12-17(20)14-19(15-8-3-1-4-9-15)16-10-5-2-6-11-16/h1-6,8-11H,7,12-14,18H2. The Hall–Kier alpha value is -2.13. The molecule has 0 unspecified atom stereocenters. The molecule has 0 fully saturated rings. The fraction of sp³-hybridized carbons (Fsp3) is 0.235. The van der Waals surface area contributed by atoms with E-state index >= 15 is 0 Å². The van der Waals surface area contributed by atoms with Gasteiger partial charge in [0.05, 0.1) is 6.54 Å². The zero-order valence-corrected chi connectivity index (χ0v) is 11.5. The molecule has 104 valence electrons. The van der Waals surface area contributed by atoms with Gasteiger partial charge in [-0.1, -0.05) is 36.4 Å². The van der Waals surface area contributed by atoms with Gasteiger partial charge in [-0.15, -0.1) is 0 Å². The number of carbonyl (C=O) groups is 1. The third-order valence-corrected chi connectivity index (χ3v) is 3.13. The van der Waals surface area contributed by atoms with Crippen LogP contribution in [0.5, 0.6) is 0 Å². The van der Waals surface area contributed by atoms with Crippen LogP contribution in [0.2, 0.25) is 0 Å². The molecule has 0 atom stereocenters. The van der Waals surface area contributed by atoms with Gasteiger partial charge < -0.3 is 10.6 Å². The highest BCUT2D eigenvalue weighted by Gasteiger charge is 2.12. The number of hydrogen-bond donors (Lipinski definition) is 1. The Balaban J connectivity index is 2.19. The summed E-state index contributed by atoms with van der Waals surface area (Å²) in [4.78, 5) is 14.1. The Kier molecular flexibility index (Phi) is 5.33. The number of ketones is 1. The highest BCUT2D eigenvalue weighted by atomic mass is 16.1. The van der Waals surface area contributed by atoms with E-state index in [1.54, 1.807) is 0 Å². The zero-order valence-electron chi connectivity index (χ0n) is 11.5. The summed E-state index contributed by atoms with van der Waals surface area (Å²) in [5.74, 6) is 0.211. The van der Waals surface area contributed by atoms with Crippen molar-refractivity contribution in [2.45, 2.75) is 12.8 Å². The Morgan fingerprint density at radius 1 is 0.900 bits per heavy atom. The number of nitrogens with two attached hydrogens (primary N) is 1. The molecule has 3 heteroatoms. The Bertz CT molecular complexity index is 486. The lowest BCUT2D eigenvalue weighted by Crippen LogP contribution is -2.25. The van der Waals surface area contributed by atoms with Gasteiger partial charge in [0, 0.05) is 17.8 Å². The van der Waals surface area contributed by atoms with Crippen molar-refractivity contribution < 1.29 is 4.79 Å². The smallest absolute Gasteiger partial charge is 0.152 e. The Morgan fingerprint density at radius 2 is 1.40 bits per heavy atom. The molecule has 0 saturated heterocycles. The van der Waals surface area contributed by atoms with Crippen molar-refractivity contribution in [2.75, 3.05) is 18.0 Å². The van der Waals surface area contributed by atoms with Crippen LogP contribution in [0.4, 0.5) is 11.4 Å². The first kappa shape index (κ1) is 14.3. The van der Waals surface area contributed by atoms with Gasteiger partial charge in [0.1, 0.15) is 0 Å². The maximum atomic E-state index is 12.1. The van der Waals surface area contributed by atoms with Gasteiger partial charge in [0.25, 0.3) is 0 Å². The Morgan fingerprint density at radius 3 is 1.85 bits per heavy atom. The van der Waals surface area contributed by atoms with E-state index in [9.17, 15) is 4.79 Å². The highest BCUT2D eigenvalue weighted by Crippen LogP contribution is 2.24. The van der Waals surface area contributed by atoms with Gasteiger partial charge in [-0.05, 0) is 37.2 Å². The molecule has 2 aromatic rings. The highest BCUT2D eigenvalue weighted by molar-refractivity contribution is 5.86. The van der Waals surface area contributed by atoms with Crippen molar-refractivity contribution in [3.05, 3.63) is 60.7 Å². The van der Waals surface area contributed by atoms with Crippen molar-refractivity contribution in [3.8, 4) is 0 Å². The predicted molar refractivity (Wildman–Crippen MR) is 83.2 cm³/mol. The summed E-state index contributed by atoms with van der Waals surface area (Å²) >= 11 is 0. The van der Waals surface area contributed by atoms with Crippen LogP contribution < -0.4 is 10.6 Å². The number of rotatable bonds is 7. The van der Waals surface area contributed by atoms with Gasteiger partial charge >= 0.3 is 0 Å². The second kappa shape index (κ2) is 7.46. The molecule has 0 aliphatic carbocycles. The summed E-state index contributed by atoms with van der Waals surface area (Å²) in [6, 6.07) is 19.9. The molecular formula is C17H20N2O. The molecule has 2 aromatic carbocycles. The quantitative estimate of drug-likeness (QED) is 0.839. The number of para-hydroxylation sites is 2. The number of anilines is 2. The second-order valence-electron chi connectivity index (χ2n) is 4.69. The average molecular weight is 268 g/mol. The monoisotopic (exact) mass is 268 g/mol. The maximum Gasteiger partial charge on any atom is 0.152 e. The van der Waals surface area contributed by atoms with Crippen LogP contribution in [0.3, 0.4) is 0 Å². The number of carbonyl (C=O) groups excluding carboxylic acids is 1. The van der Waals surface area contributed by atoms with Crippen LogP contribution in [0.1, 0.15) is 12.8 Å². The third kappa shape index (κ3) is 3.93. The minimum atomic E-state index is 0.211. The lowest BCUT2D eigenvalue weighted by Gasteiger charge is -2.24. The fourth-order valence-electron chi connectivity index (χ4n) is 2.10. The van der Waals surface area contributed by atoms with E-state index in [0.717, 1.165) is 17.8 Å². The minimum Gasteiger partial charge on any atom is -0.334 e. The summed E-state index contributed by atoms with van der Waals surface area (Å²) in [7, 11) is 0. The summed E-state index contributed by atoms with van der Waals surface area (Å²) in [6.07, 6.45) is 1.28. The molecule has 3 nitrogen and oxygen atoms in total. The normalized spacial score (nSPS) is 10.2. The first-order valence-corrected chi connectivity index (χ1v) is 6.90. The van der Waals surface area contributed by atoms with Gasteiger partial charge in [-0.2, -0.15) is 0 Å². The molecule has 0 saturated carbocycles. The third-order valence-electron chi connectivity index (χ3n) is 3.13. The molecular weight excluding hydrogens is 248 g/mol. The number of Topliss-reactive ketones (excluding diaryl/α,β-unsaturated/α-hetero) is 1. The van der Waals surface area contributed by atoms with E-state index in [1.807, 2.05) is 65.6 Å². The van der Waals surface area contributed by atoms with Crippen LogP contribution in [0, 0.1) is 0 Å². The van der Waals surface area contributed by atoms with Crippen molar-refractivity contribution in [2.24, 2.45) is 5.73 Å². The van der Waals surface area contributed by atoms with E-state index in [-0.39, 0.29) is 5.78 Å². The SMILES string of the molecule is NCCCC(=O)CN(c1ccccc1)c1ccccc1. The molecule has 0 amide bonds. The van der Waals surface area contributed by atoms with Gasteiger partial charge in [-0.25, -0.2) is 0 Å². The van der Waals surface area contributed by atoms with Crippen molar-refractivity contribution in [3.63, 3.8) is 0 Å². The summed E-state index contributed by atoms with van der Waals surface area (Å²) < 4.78 is 0. The molecule has 0 aliphatic rings. The molecule has 0 aliphatic heterocycles. The number of benzene rings is 2. The summed E-state index contributed by atoms with van der Waals surface area (Å²) in [5.41, 5.74) is 7.52. The second-order valence-corrected chi connectivity index (χ2v) is 4.69. The molecule has 20 heavy (non-hydrogen) atoms. The summed E-state index contributed by atoms with van der Waals surface area (Å²) in [6.45, 7) is 0.941. The number of nitrogens with zero attached hydrogens (tertiary/aromatic N) is 1. The van der Waals surface area contributed by atoms with Crippen molar-refractivity contribution in [1.29, 1.82) is 0 Å². The molecule has 0 bridgehead atoms. The molecule has 2 N–H and O–H groups in total.